The molecule has 0 aliphatic rings. The van der Waals surface area contributed by atoms with Crippen LogP contribution in [0.3, 0.4) is 0 Å². The number of rotatable bonds is 3. The molecule has 0 aliphatic heterocycles. The number of carbonyl (C=O) groups excluding carboxylic acids is 2. The van der Waals surface area contributed by atoms with Crippen LogP contribution in [0.2, 0.25) is 0 Å². The van der Waals surface area contributed by atoms with Crippen LogP contribution >= 0.6 is 0 Å². The van der Waals surface area contributed by atoms with Crippen molar-refractivity contribution >= 4 is 22.1 Å². The first kappa shape index (κ1) is 25.5. The van der Waals surface area contributed by atoms with Gasteiger partial charge in [-0.25, -0.2) is 0 Å². The molecule has 2 rings (SSSR count). The van der Waals surface area contributed by atoms with Gasteiger partial charge in [0.25, 0.3) is 10.1 Å². The van der Waals surface area contributed by atoms with Crippen molar-refractivity contribution in [1.82, 2.24) is 0 Å². The minimum Gasteiger partial charge on any atom is -0.545 e. The molecule has 0 fully saturated rings. The summed E-state index contributed by atoms with van der Waals surface area (Å²) >= 11 is 0. The van der Waals surface area contributed by atoms with Crippen LogP contribution < -0.4 is 69.3 Å². The van der Waals surface area contributed by atoms with Gasteiger partial charge in [-0.05, 0) is 12.1 Å². The third kappa shape index (κ3) is 8.41. The third-order valence-electron chi connectivity index (χ3n) is 2.41. The second kappa shape index (κ2) is 11.8. The maximum atomic E-state index is 10.4. The van der Waals surface area contributed by atoms with Crippen molar-refractivity contribution in [2.75, 3.05) is 0 Å². The number of carboxylic acids is 2. The molecule has 0 aliphatic carbocycles. The van der Waals surface area contributed by atoms with Crippen LogP contribution in [0.15, 0.2) is 59.5 Å². The molecule has 1 N–H and O–H groups in total. The van der Waals surface area contributed by atoms with E-state index in [4.69, 9.17) is 4.55 Å². The van der Waals surface area contributed by atoms with E-state index in [0.717, 1.165) is 12.1 Å². The van der Waals surface area contributed by atoms with E-state index in [9.17, 15) is 28.2 Å². The normalized spacial score (nSPS) is 9.38. The Hall–Kier alpha value is -0.710. The van der Waals surface area contributed by atoms with E-state index < -0.39 is 22.1 Å². The van der Waals surface area contributed by atoms with Gasteiger partial charge in [0.2, 0.25) is 0 Å². The molecule has 0 unspecified atom stereocenters. The zero-order valence-corrected chi connectivity index (χ0v) is 17.8. The monoisotopic (exact) mass is 368 g/mol. The predicted molar refractivity (Wildman–Crippen MR) is 71.4 cm³/mol. The van der Waals surface area contributed by atoms with E-state index in [0.29, 0.717) is 0 Å². The molecule has 0 saturated carbocycles. The molecule has 24 heavy (non-hydrogen) atoms. The molecule has 10 heteroatoms. The quantitative estimate of drug-likeness (QED) is 0.420. The molecule has 0 atom stereocenters. The summed E-state index contributed by atoms with van der Waals surface area (Å²) in [5, 5.41) is 20.6. The van der Waals surface area contributed by atoms with E-state index in [2.05, 4.69) is 0 Å². The molecule has 2 aromatic rings. The van der Waals surface area contributed by atoms with Gasteiger partial charge in [0.15, 0.2) is 0 Å². The van der Waals surface area contributed by atoms with Gasteiger partial charge >= 0.3 is 59.1 Å². The number of carboxylic acid groups (broad SMARTS) is 2. The Morgan fingerprint density at radius 3 is 1.33 bits per heavy atom. The van der Waals surface area contributed by atoms with E-state index in [1.54, 1.807) is 18.2 Å². The van der Waals surface area contributed by atoms with Crippen molar-refractivity contribution in [3.63, 3.8) is 0 Å². The number of benzene rings is 2. The van der Waals surface area contributed by atoms with Crippen LogP contribution in [0.4, 0.5) is 0 Å². The van der Waals surface area contributed by atoms with Crippen LogP contribution in [0.1, 0.15) is 20.7 Å². The summed E-state index contributed by atoms with van der Waals surface area (Å²) in [5.74, 6) is -3.04. The molecule has 116 valence electrons. The van der Waals surface area contributed by atoms with Crippen LogP contribution in [0, 0.1) is 0 Å². The Bertz CT molecular complexity index is 744. The Balaban J connectivity index is 0. The number of aromatic carboxylic acids is 2. The maximum Gasteiger partial charge on any atom is 1.00 e. The minimum atomic E-state index is -4.00. The minimum absolute atomic E-state index is 0. The average molecular weight is 368 g/mol. The van der Waals surface area contributed by atoms with Crippen molar-refractivity contribution < 1.29 is 91.9 Å². The fourth-order valence-corrected chi connectivity index (χ4v) is 1.93. The molecular weight excluding hydrogens is 358 g/mol. The summed E-state index contributed by atoms with van der Waals surface area (Å²) in [4.78, 5) is 20.6. The molecule has 0 aromatic heterocycles. The topological polar surface area (TPSA) is 135 Å². The van der Waals surface area contributed by atoms with E-state index in [1.165, 1.54) is 24.3 Å². The fraction of sp³-hybridized carbons (Fsp3) is 0. The summed E-state index contributed by atoms with van der Waals surface area (Å²) < 4.78 is 29.2. The summed E-state index contributed by atoms with van der Waals surface area (Å²) in [6, 6.07) is 12.6. The largest absolute Gasteiger partial charge is 1.00 e. The van der Waals surface area contributed by atoms with Crippen LogP contribution in [0.5, 0.6) is 0 Å². The average Bonchev–Trinajstić information content (AvgIpc) is 2.48. The summed E-state index contributed by atoms with van der Waals surface area (Å²) in [5.41, 5.74) is -0.727. The first-order valence-corrected chi connectivity index (χ1v) is 7.21. The first-order chi connectivity index (χ1) is 10.2. The molecule has 2 aromatic carbocycles. The summed E-state index contributed by atoms with van der Waals surface area (Å²) in [6.45, 7) is 0. The second-order valence-electron chi connectivity index (χ2n) is 3.91. The Morgan fingerprint density at radius 2 is 1.08 bits per heavy atom. The molecule has 0 saturated heterocycles. The summed E-state index contributed by atoms with van der Waals surface area (Å²) in [7, 11) is -4.00. The van der Waals surface area contributed by atoms with Crippen molar-refractivity contribution in [2.24, 2.45) is 0 Å². The fourth-order valence-electron chi connectivity index (χ4n) is 1.43. The van der Waals surface area contributed by atoms with Gasteiger partial charge in [-0.2, -0.15) is 8.42 Å². The third-order valence-corrected chi connectivity index (χ3v) is 3.28. The van der Waals surface area contributed by atoms with Gasteiger partial charge in [0.05, 0.1) is 16.8 Å². The Morgan fingerprint density at radius 1 is 0.750 bits per heavy atom. The zero-order chi connectivity index (χ0) is 16.8. The van der Waals surface area contributed by atoms with Gasteiger partial charge in [-0.15, -0.1) is 0 Å². The maximum absolute atomic E-state index is 10.4. The number of hydrogen-bond donors (Lipinski definition) is 1. The second-order valence-corrected chi connectivity index (χ2v) is 5.33. The zero-order valence-electron chi connectivity index (χ0n) is 13.0. The van der Waals surface area contributed by atoms with Crippen molar-refractivity contribution in [3.8, 4) is 0 Å². The van der Waals surface area contributed by atoms with Crippen molar-refractivity contribution in [1.29, 1.82) is 0 Å². The van der Waals surface area contributed by atoms with Crippen LogP contribution in [0.25, 0.3) is 0 Å². The predicted octanol–water partition coefficient (Wildman–Crippen LogP) is -6.65. The van der Waals surface area contributed by atoms with Crippen LogP contribution in [-0.4, -0.2) is 24.9 Å². The Labute approximate surface area is 183 Å². The van der Waals surface area contributed by atoms with Gasteiger partial charge in [0.1, 0.15) is 0 Å². The Kier molecular flexibility index (Phi) is 12.5. The molecule has 0 spiro atoms. The molecular formula is C14H10Na2O7S. The smallest absolute Gasteiger partial charge is 0.545 e. The van der Waals surface area contributed by atoms with E-state index in [-0.39, 0.29) is 75.1 Å². The standard InChI is InChI=1S/C8H6O4.C6H6O3S.2Na/c9-7(10)5-3-1-2-4-6(5)8(11)12;7-10(8,9)6-4-2-1-3-5-6;;/h1-4H,(H,9,10)(H,11,12);1-5H,(H,7,8,9);;/q;;2*+1/p-2. The van der Waals surface area contributed by atoms with Gasteiger partial charge in [0, 0.05) is 11.1 Å². The molecule has 0 bridgehead atoms. The number of hydrogen-bond acceptors (Lipinski definition) is 6. The van der Waals surface area contributed by atoms with Crippen LogP contribution in [-0.2, 0) is 10.1 Å². The first-order valence-electron chi connectivity index (χ1n) is 5.77. The van der Waals surface area contributed by atoms with Gasteiger partial charge in [-0.3, -0.25) is 4.55 Å². The molecule has 7 nitrogen and oxygen atoms in total. The van der Waals surface area contributed by atoms with Gasteiger partial charge in [-0.1, -0.05) is 42.5 Å². The van der Waals surface area contributed by atoms with E-state index in [1.807, 2.05) is 0 Å². The SMILES string of the molecule is O=C([O-])c1ccccc1C(=O)[O-].O=S(=O)(O)c1ccccc1.[Na+].[Na+]. The van der Waals surface area contributed by atoms with E-state index >= 15 is 0 Å². The molecule has 0 heterocycles. The summed E-state index contributed by atoms with van der Waals surface area (Å²) in [6.07, 6.45) is 0. The number of carbonyl (C=O) groups is 2. The van der Waals surface area contributed by atoms with Crippen molar-refractivity contribution in [2.45, 2.75) is 4.90 Å². The van der Waals surface area contributed by atoms with Gasteiger partial charge < -0.3 is 19.8 Å². The molecule has 0 amide bonds. The van der Waals surface area contributed by atoms with Crippen molar-refractivity contribution in [3.05, 3.63) is 65.7 Å². The molecule has 0 radical (unpaired) electrons.